The Balaban J connectivity index is 2.09. The summed E-state index contributed by atoms with van der Waals surface area (Å²) in [7, 11) is 2.00. The number of benzene rings is 1. The first-order valence-corrected chi connectivity index (χ1v) is 8.51. The van der Waals surface area contributed by atoms with Gasteiger partial charge in [-0.25, -0.2) is 0 Å². The number of likely N-dealkylation sites (N-methyl/N-ethyl adjacent to an activating group) is 1. The van der Waals surface area contributed by atoms with Crippen molar-refractivity contribution in [2.24, 2.45) is 0 Å². The predicted molar refractivity (Wildman–Crippen MR) is 90.3 cm³/mol. The molecule has 0 aliphatic carbocycles. The van der Waals surface area contributed by atoms with E-state index in [9.17, 15) is 0 Å². The zero-order chi connectivity index (χ0) is 14.4. The zero-order valence-electron chi connectivity index (χ0n) is 11.8. The Bertz CT molecular complexity index is 525. The van der Waals surface area contributed by atoms with Crippen LogP contribution in [0.15, 0.2) is 52.0 Å². The van der Waals surface area contributed by atoms with E-state index in [4.69, 9.17) is 0 Å². The molecule has 0 aliphatic heterocycles. The smallest absolute Gasteiger partial charge is 0.0423 e. The van der Waals surface area contributed by atoms with Crippen molar-refractivity contribution in [3.8, 4) is 0 Å². The molecule has 0 bridgehead atoms. The number of thioether (sulfide) groups is 1. The topological polar surface area (TPSA) is 24.9 Å². The Morgan fingerprint density at radius 3 is 2.50 bits per heavy atom. The van der Waals surface area contributed by atoms with Crippen LogP contribution in [0.25, 0.3) is 0 Å². The Morgan fingerprint density at radius 2 is 1.95 bits per heavy atom. The molecule has 2 nitrogen and oxygen atoms in total. The van der Waals surface area contributed by atoms with E-state index in [-0.39, 0.29) is 0 Å². The summed E-state index contributed by atoms with van der Waals surface area (Å²) in [6.07, 6.45) is 2.74. The molecular weight excluding hydrogens is 332 g/mol. The van der Waals surface area contributed by atoms with Gasteiger partial charge in [0.25, 0.3) is 0 Å². The molecule has 1 atom stereocenters. The molecule has 1 N–H and O–H groups in total. The van der Waals surface area contributed by atoms with Crippen LogP contribution in [0, 0.1) is 0 Å². The van der Waals surface area contributed by atoms with Gasteiger partial charge in [0.1, 0.15) is 0 Å². The van der Waals surface area contributed by atoms with Crippen molar-refractivity contribution in [1.82, 2.24) is 10.3 Å². The normalized spacial score (nSPS) is 12.3. The second-order valence-electron chi connectivity index (χ2n) is 4.52. The molecule has 1 unspecified atom stereocenters. The maximum Gasteiger partial charge on any atom is 0.0423 e. The maximum atomic E-state index is 4.45. The van der Waals surface area contributed by atoms with Crippen LogP contribution >= 0.6 is 27.7 Å². The molecule has 20 heavy (non-hydrogen) atoms. The highest BCUT2D eigenvalue weighted by Gasteiger charge is 2.11. The molecule has 0 spiro atoms. The minimum Gasteiger partial charge on any atom is -0.313 e. The molecule has 0 fully saturated rings. The quantitative estimate of drug-likeness (QED) is 0.778. The lowest BCUT2D eigenvalue weighted by atomic mass is 10.0. The second-order valence-corrected chi connectivity index (χ2v) is 6.77. The molecule has 0 saturated carbocycles. The fourth-order valence-corrected chi connectivity index (χ4v) is 2.98. The van der Waals surface area contributed by atoms with Crippen molar-refractivity contribution in [2.45, 2.75) is 24.3 Å². The van der Waals surface area contributed by atoms with E-state index < -0.39 is 0 Å². The van der Waals surface area contributed by atoms with Crippen LogP contribution in [0.3, 0.4) is 0 Å². The van der Waals surface area contributed by atoms with Gasteiger partial charge in [0.2, 0.25) is 0 Å². The van der Waals surface area contributed by atoms with E-state index in [1.807, 2.05) is 31.1 Å². The van der Waals surface area contributed by atoms with E-state index >= 15 is 0 Å². The highest BCUT2D eigenvalue weighted by Crippen LogP contribution is 2.22. The number of rotatable bonds is 6. The van der Waals surface area contributed by atoms with Crippen LogP contribution in [0.5, 0.6) is 0 Å². The third kappa shape index (κ3) is 4.33. The van der Waals surface area contributed by atoms with Gasteiger partial charge in [-0.05, 0) is 58.6 Å². The number of hydrogen-bond donors (Lipinski definition) is 1. The van der Waals surface area contributed by atoms with Crippen LogP contribution in [0.1, 0.15) is 24.2 Å². The van der Waals surface area contributed by atoms with Gasteiger partial charge in [0.05, 0.1) is 0 Å². The van der Waals surface area contributed by atoms with Gasteiger partial charge in [-0.2, -0.15) is 0 Å². The van der Waals surface area contributed by atoms with Crippen molar-refractivity contribution in [1.29, 1.82) is 0 Å². The van der Waals surface area contributed by atoms with Crippen molar-refractivity contribution in [3.63, 3.8) is 0 Å². The number of hydrogen-bond acceptors (Lipinski definition) is 3. The highest BCUT2D eigenvalue weighted by molar-refractivity contribution is 9.10. The van der Waals surface area contributed by atoms with Crippen LogP contribution in [-0.4, -0.2) is 17.8 Å². The lowest BCUT2D eigenvalue weighted by Crippen LogP contribution is -2.19. The number of pyridine rings is 1. The molecule has 2 aromatic rings. The molecule has 1 heterocycles. The molecule has 1 aromatic carbocycles. The minimum absolute atomic E-state index is 0.296. The van der Waals surface area contributed by atoms with Gasteiger partial charge in [0.15, 0.2) is 0 Å². The largest absolute Gasteiger partial charge is 0.313 e. The number of halogens is 1. The van der Waals surface area contributed by atoms with Crippen LogP contribution in [-0.2, 0) is 6.42 Å². The average molecular weight is 351 g/mol. The molecule has 0 aliphatic rings. The zero-order valence-corrected chi connectivity index (χ0v) is 14.2. The lowest BCUT2D eigenvalue weighted by molar-refractivity contribution is 0.584. The number of aromatic nitrogens is 1. The van der Waals surface area contributed by atoms with E-state index in [1.54, 1.807) is 0 Å². The van der Waals surface area contributed by atoms with Crippen LogP contribution < -0.4 is 5.32 Å². The van der Waals surface area contributed by atoms with Crippen molar-refractivity contribution in [2.75, 3.05) is 12.8 Å². The van der Waals surface area contributed by atoms with Crippen molar-refractivity contribution < 1.29 is 0 Å². The molecular formula is C16H19BrN2S. The Hall–Kier alpha value is -0.840. The summed E-state index contributed by atoms with van der Waals surface area (Å²) < 4.78 is 1.02. The van der Waals surface area contributed by atoms with Gasteiger partial charge < -0.3 is 5.32 Å². The molecule has 4 heteroatoms. The van der Waals surface area contributed by atoms with E-state index in [0.29, 0.717) is 6.04 Å². The SMILES string of the molecule is CCSc1ccc(C(Cc2ccc(Br)cn2)NC)cc1. The maximum absolute atomic E-state index is 4.45. The van der Waals surface area contributed by atoms with Gasteiger partial charge in [0, 0.05) is 33.7 Å². The van der Waals surface area contributed by atoms with Crippen LogP contribution in [0.2, 0.25) is 0 Å². The van der Waals surface area contributed by atoms with E-state index in [2.05, 4.69) is 63.5 Å². The monoisotopic (exact) mass is 350 g/mol. The highest BCUT2D eigenvalue weighted by atomic mass is 79.9. The fraction of sp³-hybridized carbons (Fsp3) is 0.312. The third-order valence-corrected chi connectivity index (χ3v) is 4.51. The first-order valence-electron chi connectivity index (χ1n) is 6.73. The number of nitrogens with one attached hydrogen (secondary N) is 1. The Morgan fingerprint density at radius 1 is 1.20 bits per heavy atom. The molecule has 0 saturated heterocycles. The van der Waals surface area contributed by atoms with Gasteiger partial charge in [-0.3, -0.25) is 4.98 Å². The van der Waals surface area contributed by atoms with E-state index in [1.165, 1.54) is 10.5 Å². The number of nitrogens with zero attached hydrogens (tertiary/aromatic N) is 1. The van der Waals surface area contributed by atoms with Gasteiger partial charge in [-0.15, -0.1) is 11.8 Å². The molecule has 2 rings (SSSR count). The standard InChI is InChI=1S/C16H19BrN2S/c1-3-20-15-8-4-12(5-9-15)16(18-2)10-14-7-6-13(17)11-19-14/h4-9,11,16,18H,3,10H2,1-2H3. The summed E-state index contributed by atoms with van der Waals surface area (Å²) >= 11 is 5.29. The summed E-state index contributed by atoms with van der Waals surface area (Å²) in [4.78, 5) is 5.77. The molecule has 1 aromatic heterocycles. The van der Waals surface area contributed by atoms with E-state index in [0.717, 1.165) is 22.3 Å². The Kier molecular flexibility index (Phi) is 6.07. The van der Waals surface area contributed by atoms with Gasteiger partial charge >= 0.3 is 0 Å². The summed E-state index contributed by atoms with van der Waals surface area (Å²) in [5.74, 6) is 1.11. The third-order valence-electron chi connectivity index (χ3n) is 3.14. The first kappa shape index (κ1) is 15.5. The summed E-state index contributed by atoms with van der Waals surface area (Å²) in [6, 6.07) is 13.2. The lowest BCUT2D eigenvalue weighted by Gasteiger charge is -2.16. The summed E-state index contributed by atoms with van der Waals surface area (Å²) in [5.41, 5.74) is 2.40. The predicted octanol–water partition coefficient (Wildman–Crippen LogP) is 4.46. The Labute approximate surface area is 133 Å². The fourth-order valence-electron chi connectivity index (χ4n) is 2.09. The van der Waals surface area contributed by atoms with Crippen molar-refractivity contribution in [3.05, 3.63) is 58.3 Å². The molecule has 0 radical (unpaired) electrons. The summed E-state index contributed by atoms with van der Waals surface area (Å²) in [5, 5.41) is 3.37. The molecule has 106 valence electrons. The first-order chi connectivity index (χ1) is 9.72. The van der Waals surface area contributed by atoms with Gasteiger partial charge in [-0.1, -0.05) is 19.1 Å². The second kappa shape index (κ2) is 7.81. The van der Waals surface area contributed by atoms with Crippen LogP contribution in [0.4, 0.5) is 0 Å². The van der Waals surface area contributed by atoms with Crippen molar-refractivity contribution >= 4 is 27.7 Å². The average Bonchev–Trinajstić information content (AvgIpc) is 2.48. The summed E-state index contributed by atoms with van der Waals surface area (Å²) in [6.45, 7) is 2.17. The minimum atomic E-state index is 0.296. The molecule has 0 amide bonds.